The van der Waals surface area contributed by atoms with E-state index in [9.17, 15) is 22.8 Å². The number of nitrogens with zero attached hydrogens (tertiary/aromatic N) is 1. The highest BCUT2D eigenvalue weighted by molar-refractivity contribution is 6.09. The summed E-state index contributed by atoms with van der Waals surface area (Å²) in [5.74, 6) is -0.751. The molecule has 5 rings (SSSR count). The Morgan fingerprint density at radius 3 is 2.15 bits per heavy atom. The third-order valence-corrected chi connectivity index (χ3v) is 6.68. The van der Waals surface area contributed by atoms with Crippen molar-refractivity contribution in [3.63, 3.8) is 0 Å². The molecule has 0 aliphatic carbocycles. The van der Waals surface area contributed by atoms with Gasteiger partial charge in [-0.3, -0.25) is 9.59 Å². The Labute approximate surface area is 235 Å². The van der Waals surface area contributed by atoms with Crippen molar-refractivity contribution in [3.05, 3.63) is 138 Å². The Balaban J connectivity index is 1.27. The minimum Gasteiger partial charge on any atom is -0.347 e. The van der Waals surface area contributed by atoms with Crippen LogP contribution in [0.25, 0.3) is 22.3 Å². The molecular weight excluding hydrogens is 527 g/mol. The van der Waals surface area contributed by atoms with Crippen LogP contribution in [-0.2, 0) is 19.8 Å². The highest BCUT2D eigenvalue weighted by atomic mass is 19.4. The zero-order valence-electron chi connectivity index (χ0n) is 22.1. The summed E-state index contributed by atoms with van der Waals surface area (Å²) in [6, 6.07) is 30.8. The van der Waals surface area contributed by atoms with Crippen LogP contribution >= 0.6 is 0 Å². The van der Waals surface area contributed by atoms with Crippen LogP contribution in [0.15, 0.2) is 115 Å². The Kier molecular flexibility index (Phi) is 7.74. The maximum atomic E-state index is 13.2. The molecule has 2 amide bonds. The fourth-order valence-corrected chi connectivity index (χ4v) is 4.59. The third-order valence-electron chi connectivity index (χ3n) is 6.68. The van der Waals surface area contributed by atoms with Crippen molar-refractivity contribution in [1.82, 2.24) is 9.88 Å². The molecule has 206 valence electrons. The zero-order chi connectivity index (χ0) is 29.0. The van der Waals surface area contributed by atoms with Gasteiger partial charge in [0.1, 0.15) is 5.69 Å². The largest absolute Gasteiger partial charge is 0.416 e. The summed E-state index contributed by atoms with van der Waals surface area (Å²) in [6.07, 6.45) is -2.82. The van der Waals surface area contributed by atoms with Crippen LogP contribution < -0.4 is 10.6 Å². The first-order chi connectivity index (χ1) is 19.7. The van der Waals surface area contributed by atoms with Crippen LogP contribution in [0.1, 0.15) is 32.0 Å². The number of aromatic nitrogens is 1. The number of hydrogen-bond donors (Lipinski definition) is 2. The van der Waals surface area contributed by atoms with Crippen LogP contribution in [0.4, 0.5) is 18.9 Å². The minimum absolute atomic E-state index is 0.292. The molecule has 5 aromatic rings. The van der Waals surface area contributed by atoms with Gasteiger partial charge in [0.25, 0.3) is 11.8 Å². The van der Waals surface area contributed by atoms with E-state index in [-0.39, 0.29) is 5.91 Å². The molecule has 0 spiro atoms. The topological polar surface area (TPSA) is 63.1 Å². The molecule has 0 bridgehead atoms. The number of anilines is 1. The van der Waals surface area contributed by atoms with Crippen LogP contribution in [0, 0.1) is 0 Å². The minimum atomic E-state index is -4.45. The number of aryl methyl sites for hydroxylation is 1. The van der Waals surface area contributed by atoms with Gasteiger partial charge >= 0.3 is 6.18 Å². The predicted octanol–water partition coefficient (Wildman–Crippen LogP) is 7.56. The van der Waals surface area contributed by atoms with Crippen molar-refractivity contribution in [2.75, 3.05) is 5.32 Å². The van der Waals surface area contributed by atoms with E-state index in [0.717, 1.165) is 28.8 Å². The molecule has 8 heteroatoms. The summed E-state index contributed by atoms with van der Waals surface area (Å²) in [5, 5.41) is 5.73. The van der Waals surface area contributed by atoms with Gasteiger partial charge < -0.3 is 15.2 Å². The van der Waals surface area contributed by atoms with Gasteiger partial charge in [0.15, 0.2) is 0 Å². The SMILES string of the molecule is Cn1cc(NC(=O)c2ccccc2-c2ccc(C(F)(F)F)cc2)cc1C(=O)NCc1cccc(-c2ccccc2)c1. The Bertz CT molecular complexity index is 1690. The number of halogens is 3. The van der Waals surface area contributed by atoms with Gasteiger partial charge in [0.05, 0.1) is 11.3 Å². The lowest BCUT2D eigenvalue weighted by atomic mass is 9.98. The summed E-state index contributed by atoms with van der Waals surface area (Å²) in [5.41, 5.74) is 4.36. The van der Waals surface area contributed by atoms with E-state index in [1.165, 1.54) is 12.1 Å². The summed E-state index contributed by atoms with van der Waals surface area (Å²) < 4.78 is 40.6. The van der Waals surface area contributed by atoms with Crippen LogP contribution in [0.2, 0.25) is 0 Å². The molecule has 0 saturated carbocycles. The standard InChI is InChI=1S/C33H26F3N3O2/c1-39-21-27(19-30(39)32(41)37-20-22-8-7-11-25(18-22)23-9-3-2-4-10-23)38-31(40)29-13-6-5-12-28(29)24-14-16-26(17-15-24)33(34,35)36/h2-19,21H,20H2,1H3,(H,37,41)(H,38,40). The maximum absolute atomic E-state index is 13.2. The van der Waals surface area contributed by atoms with Gasteiger partial charge in [-0.15, -0.1) is 0 Å². The second-order valence-corrected chi connectivity index (χ2v) is 9.55. The van der Waals surface area contributed by atoms with Crippen molar-refractivity contribution in [1.29, 1.82) is 0 Å². The zero-order valence-corrected chi connectivity index (χ0v) is 22.1. The molecule has 0 fully saturated rings. The van der Waals surface area contributed by atoms with Crippen molar-refractivity contribution in [2.24, 2.45) is 7.05 Å². The van der Waals surface area contributed by atoms with Gasteiger partial charge in [-0.25, -0.2) is 0 Å². The second-order valence-electron chi connectivity index (χ2n) is 9.55. The van der Waals surface area contributed by atoms with E-state index in [1.54, 1.807) is 48.1 Å². The van der Waals surface area contributed by atoms with Gasteiger partial charge in [-0.1, -0.05) is 78.9 Å². The number of hydrogen-bond acceptors (Lipinski definition) is 2. The van der Waals surface area contributed by atoms with Gasteiger partial charge in [-0.05, 0) is 58.1 Å². The number of rotatable bonds is 7. The molecular formula is C33H26F3N3O2. The molecule has 0 unspecified atom stereocenters. The fraction of sp³-hybridized carbons (Fsp3) is 0.0909. The summed E-state index contributed by atoms with van der Waals surface area (Å²) in [6.45, 7) is 0.326. The molecule has 0 saturated heterocycles. The first-order valence-electron chi connectivity index (χ1n) is 12.9. The van der Waals surface area contributed by atoms with E-state index in [1.807, 2.05) is 54.6 Å². The lowest BCUT2D eigenvalue weighted by molar-refractivity contribution is -0.137. The average Bonchev–Trinajstić information content (AvgIpc) is 3.35. The van der Waals surface area contributed by atoms with E-state index in [4.69, 9.17) is 0 Å². The van der Waals surface area contributed by atoms with Gasteiger partial charge in [0.2, 0.25) is 0 Å². The number of carbonyl (C=O) groups excluding carboxylic acids is 2. The molecule has 0 aliphatic heterocycles. The van der Waals surface area contributed by atoms with Crippen molar-refractivity contribution >= 4 is 17.5 Å². The number of alkyl halides is 3. The smallest absolute Gasteiger partial charge is 0.347 e. The van der Waals surface area contributed by atoms with Crippen LogP contribution in [0.3, 0.4) is 0 Å². The van der Waals surface area contributed by atoms with E-state index >= 15 is 0 Å². The highest BCUT2D eigenvalue weighted by Crippen LogP contribution is 2.32. The van der Waals surface area contributed by atoms with E-state index < -0.39 is 17.6 Å². The van der Waals surface area contributed by atoms with E-state index in [0.29, 0.717) is 34.6 Å². The quantitative estimate of drug-likeness (QED) is 0.219. The molecule has 0 radical (unpaired) electrons. The first kappa shape index (κ1) is 27.5. The molecule has 1 heterocycles. The fourth-order valence-electron chi connectivity index (χ4n) is 4.59. The molecule has 4 aromatic carbocycles. The summed E-state index contributed by atoms with van der Waals surface area (Å²) in [4.78, 5) is 26.2. The van der Waals surface area contributed by atoms with Crippen molar-refractivity contribution in [3.8, 4) is 22.3 Å². The average molecular weight is 554 g/mol. The third kappa shape index (κ3) is 6.38. The lowest BCUT2D eigenvalue weighted by Crippen LogP contribution is -2.24. The molecule has 5 nitrogen and oxygen atoms in total. The van der Waals surface area contributed by atoms with E-state index in [2.05, 4.69) is 10.6 Å². The first-order valence-corrected chi connectivity index (χ1v) is 12.9. The Hall–Kier alpha value is -5.11. The molecule has 1 aromatic heterocycles. The van der Waals surface area contributed by atoms with Crippen molar-refractivity contribution < 1.29 is 22.8 Å². The second kappa shape index (κ2) is 11.6. The predicted molar refractivity (Wildman–Crippen MR) is 153 cm³/mol. The highest BCUT2D eigenvalue weighted by Gasteiger charge is 2.30. The number of carbonyl (C=O) groups is 2. The number of amides is 2. The normalized spacial score (nSPS) is 11.2. The Morgan fingerprint density at radius 1 is 0.732 bits per heavy atom. The van der Waals surface area contributed by atoms with Crippen LogP contribution in [0.5, 0.6) is 0 Å². The number of benzene rings is 4. The number of nitrogens with one attached hydrogen (secondary N) is 2. The lowest BCUT2D eigenvalue weighted by Gasteiger charge is -2.11. The van der Waals surface area contributed by atoms with Crippen molar-refractivity contribution in [2.45, 2.75) is 12.7 Å². The summed E-state index contributed by atoms with van der Waals surface area (Å²) in [7, 11) is 1.71. The van der Waals surface area contributed by atoms with Gasteiger partial charge in [-0.2, -0.15) is 13.2 Å². The molecule has 0 aliphatic rings. The maximum Gasteiger partial charge on any atom is 0.416 e. The molecule has 2 N–H and O–H groups in total. The molecule has 41 heavy (non-hydrogen) atoms. The summed E-state index contributed by atoms with van der Waals surface area (Å²) >= 11 is 0. The molecule has 0 atom stereocenters. The Morgan fingerprint density at radius 2 is 1.41 bits per heavy atom. The van der Waals surface area contributed by atoms with Crippen LogP contribution in [-0.4, -0.2) is 16.4 Å². The van der Waals surface area contributed by atoms with Gasteiger partial charge in [0, 0.05) is 25.4 Å². The monoisotopic (exact) mass is 553 g/mol.